The highest BCUT2D eigenvalue weighted by Crippen LogP contribution is 2.10. The van der Waals surface area contributed by atoms with E-state index < -0.39 is 0 Å². The van der Waals surface area contributed by atoms with Crippen LogP contribution in [-0.2, 0) is 14.3 Å². The van der Waals surface area contributed by atoms with Crippen LogP contribution < -0.4 is 11.1 Å². The lowest BCUT2D eigenvalue weighted by Crippen LogP contribution is -2.20. The first-order valence-corrected chi connectivity index (χ1v) is 6.39. The number of amides is 1. The molecular formula is C13H18N2O3S. The highest BCUT2D eigenvalue weighted by molar-refractivity contribution is 7.80. The summed E-state index contributed by atoms with van der Waals surface area (Å²) in [6, 6.07) is 7.05. The van der Waals surface area contributed by atoms with Crippen molar-refractivity contribution >= 4 is 28.8 Å². The molecule has 0 saturated carbocycles. The van der Waals surface area contributed by atoms with Gasteiger partial charge >= 0.3 is 0 Å². The summed E-state index contributed by atoms with van der Waals surface area (Å²) in [5.74, 6) is -0.225. The van der Waals surface area contributed by atoms with Crippen molar-refractivity contribution in [2.24, 2.45) is 5.73 Å². The molecule has 3 N–H and O–H groups in total. The smallest absolute Gasteiger partial charge is 0.250 e. The lowest BCUT2D eigenvalue weighted by atomic mass is 10.2. The van der Waals surface area contributed by atoms with E-state index in [4.69, 9.17) is 27.4 Å². The van der Waals surface area contributed by atoms with E-state index >= 15 is 0 Å². The van der Waals surface area contributed by atoms with Gasteiger partial charge in [0.25, 0.3) is 0 Å². The van der Waals surface area contributed by atoms with E-state index in [0.717, 1.165) is 0 Å². The van der Waals surface area contributed by atoms with E-state index in [9.17, 15) is 4.79 Å². The molecule has 0 heterocycles. The fraction of sp³-hybridized carbons (Fsp3) is 0.385. The van der Waals surface area contributed by atoms with Crippen molar-refractivity contribution in [3.8, 4) is 0 Å². The Hall–Kier alpha value is -1.50. The molecule has 0 saturated heterocycles. The number of ether oxygens (including phenoxy) is 2. The largest absolute Gasteiger partial charge is 0.389 e. The van der Waals surface area contributed by atoms with Gasteiger partial charge in [0.05, 0.1) is 13.2 Å². The zero-order chi connectivity index (χ0) is 14.1. The fourth-order valence-corrected chi connectivity index (χ4v) is 1.50. The van der Waals surface area contributed by atoms with E-state index in [1.54, 1.807) is 24.3 Å². The van der Waals surface area contributed by atoms with E-state index in [0.29, 0.717) is 36.1 Å². The third-order valence-electron chi connectivity index (χ3n) is 2.24. The Morgan fingerprint density at radius 2 is 2.11 bits per heavy atom. The zero-order valence-corrected chi connectivity index (χ0v) is 11.7. The average molecular weight is 282 g/mol. The third kappa shape index (κ3) is 6.28. The molecule has 5 nitrogen and oxygen atoms in total. The summed E-state index contributed by atoms with van der Waals surface area (Å²) in [4.78, 5) is 11.9. The molecule has 0 aliphatic carbocycles. The molecule has 0 spiro atoms. The van der Waals surface area contributed by atoms with Crippen molar-refractivity contribution in [2.45, 2.75) is 6.92 Å². The van der Waals surface area contributed by atoms with Gasteiger partial charge in [-0.3, -0.25) is 4.79 Å². The Kier molecular flexibility index (Phi) is 7.02. The number of hydrogen-bond acceptors (Lipinski definition) is 4. The number of thiocarbonyl (C=S) groups is 1. The molecule has 0 radical (unpaired) electrons. The van der Waals surface area contributed by atoms with E-state index in [2.05, 4.69) is 5.32 Å². The van der Waals surface area contributed by atoms with Crippen LogP contribution in [0.1, 0.15) is 12.5 Å². The molecule has 0 atom stereocenters. The number of hydrogen-bond donors (Lipinski definition) is 2. The summed E-state index contributed by atoms with van der Waals surface area (Å²) in [6.45, 7) is 3.42. The van der Waals surface area contributed by atoms with Crippen molar-refractivity contribution in [1.29, 1.82) is 0 Å². The van der Waals surface area contributed by atoms with Crippen LogP contribution >= 0.6 is 12.2 Å². The summed E-state index contributed by atoms with van der Waals surface area (Å²) >= 11 is 4.87. The summed E-state index contributed by atoms with van der Waals surface area (Å²) in [6.07, 6.45) is 0. The summed E-state index contributed by atoms with van der Waals surface area (Å²) < 4.78 is 10.3. The van der Waals surface area contributed by atoms with Gasteiger partial charge in [-0.15, -0.1) is 0 Å². The Bertz CT molecular complexity index is 438. The van der Waals surface area contributed by atoms with Crippen LogP contribution in [0, 0.1) is 0 Å². The van der Waals surface area contributed by atoms with Crippen LogP contribution in [0.5, 0.6) is 0 Å². The topological polar surface area (TPSA) is 73.6 Å². The SMILES string of the molecule is CCOCCOCC(=O)Nc1cccc(C(N)=S)c1. The first kappa shape index (κ1) is 15.6. The molecule has 1 rings (SSSR count). The minimum Gasteiger partial charge on any atom is -0.389 e. The predicted octanol–water partition coefficient (Wildman–Crippen LogP) is 1.31. The minimum absolute atomic E-state index is 0.00955. The Labute approximate surface area is 118 Å². The maximum atomic E-state index is 11.6. The standard InChI is InChI=1S/C13H18N2O3S/c1-2-17-6-7-18-9-12(16)15-11-5-3-4-10(8-11)13(14)19/h3-5,8H,2,6-7,9H2,1H3,(H2,14,19)(H,15,16). The van der Waals surface area contributed by atoms with E-state index in [1.165, 1.54) is 0 Å². The minimum atomic E-state index is -0.225. The molecular weight excluding hydrogens is 264 g/mol. The Morgan fingerprint density at radius 1 is 1.37 bits per heavy atom. The average Bonchev–Trinajstić information content (AvgIpc) is 2.38. The number of anilines is 1. The molecule has 104 valence electrons. The van der Waals surface area contributed by atoms with Crippen LogP contribution in [-0.4, -0.2) is 37.3 Å². The van der Waals surface area contributed by atoms with E-state index in [1.807, 2.05) is 6.92 Å². The summed E-state index contributed by atoms with van der Waals surface area (Å²) in [5, 5.41) is 2.71. The normalized spacial score (nSPS) is 10.2. The summed E-state index contributed by atoms with van der Waals surface area (Å²) in [7, 11) is 0. The quantitative estimate of drug-likeness (QED) is 0.555. The van der Waals surface area contributed by atoms with Crippen LogP contribution in [0.25, 0.3) is 0 Å². The molecule has 0 fully saturated rings. The molecule has 0 aliphatic rings. The lowest BCUT2D eigenvalue weighted by molar-refractivity contribution is -0.121. The molecule has 0 unspecified atom stereocenters. The number of benzene rings is 1. The second kappa shape index (κ2) is 8.58. The Morgan fingerprint density at radius 3 is 2.79 bits per heavy atom. The van der Waals surface area contributed by atoms with Crippen molar-refractivity contribution < 1.29 is 14.3 Å². The number of nitrogens with two attached hydrogens (primary N) is 1. The van der Waals surface area contributed by atoms with Crippen LogP contribution in [0.3, 0.4) is 0 Å². The zero-order valence-electron chi connectivity index (χ0n) is 10.8. The lowest BCUT2D eigenvalue weighted by Gasteiger charge is -2.07. The molecule has 0 aromatic heterocycles. The highest BCUT2D eigenvalue weighted by Gasteiger charge is 2.04. The van der Waals surface area contributed by atoms with Crippen LogP contribution in [0.15, 0.2) is 24.3 Å². The van der Waals surface area contributed by atoms with Gasteiger partial charge in [-0.25, -0.2) is 0 Å². The van der Waals surface area contributed by atoms with Crippen LogP contribution in [0.4, 0.5) is 5.69 Å². The van der Waals surface area contributed by atoms with Gasteiger partial charge in [0.15, 0.2) is 0 Å². The first-order chi connectivity index (χ1) is 9.13. The molecule has 0 bridgehead atoms. The fourth-order valence-electron chi connectivity index (χ4n) is 1.37. The molecule has 1 amide bonds. The number of nitrogens with one attached hydrogen (secondary N) is 1. The number of rotatable bonds is 8. The van der Waals surface area contributed by atoms with Gasteiger partial charge in [0.1, 0.15) is 11.6 Å². The van der Waals surface area contributed by atoms with Gasteiger partial charge in [-0.05, 0) is 19.1 Å². The maximum absolute atomic E-state index is 11.6. The summed E-state index contributed by atoms with van der Waals surface area (Å²) in [5.41, 5.74) is 6.88. The third-order valence-corrected chi connectivity index (χ3v) is 2.48. The molecule has 6 heteroatoms. The highest BCUT2D eigenvalue weighted by atomic mass is 32.1. The number of carbonyl (C=O) groups is 1. The second-order valence-corrected chi connectivity index (χ2v) is 4.18. The first-order valence-electron chi connectivity index (χ1n) is 5.98. The number of carbonyl (C=O) groups excluding carboxylic acids is 1. The van der Waals surface area contributed by atoms with Crippen molar-refractivity contribution in [3.63, 3.8) is 0 Å². The second-order valence-electron chi connectivity index (χ2n) is 3.74. The molecule has 1 aromatic rings. The van der Waals surface area contributed by atoms with Gasteiger partial charge in [-0.2, -0.15) is 0 Å². The van der Waals surface area contributed by atoms with Gasteiger partial charge in [0, 0.05) is 17.9 Å². The van der Waals surface area contributed by atoms with Crippen LogP contribution in [0.2, 0.25) is 0 Å². The predicted molar refractivity (Wildman–Crippen MR) is 78.3 cm³/mol. The van der Waals surface area contributed by atoms with Gasteiger partial charge in [0.2, 0.25) is 5.91 Å². The monoisotopic (exact) mass is 282 g/mol. The Balaban J connectivity index is 2.35. The van der Waals surface area contributed by atoms with Crippen molar-refractivity contribution in [3.05, 3.63) is 29.8 Å². The van der Waals surface area contributed by atoms with Crippen molar-refractivity contribution in [1.82, 2.24) is 0 Å². The van der Waals surface area contributed by atoms with Crippen molar-refractivity contribution in [2.75, 3.05) is 31.7 Å². The molecule has 1 aromatic carbocycles. The van der Waals surface area contributed by atoms with Gasteiger partial charge < -0.3 is 20.5 Å². The van der Waals surface area contributed by atoms with Gasteiger partial charge in [-0.1, -0.05) is 24.4 Å². The molecule has 19 heavy (non-hydrogen) atoms. The molecule has 0 aliphatic heterocycles. The van der Waals surface area contributed by atoms with E-state index in [-0.39, 0.29) is 12.5 Å². The maximum Gasteiger partial charge on any atom is 0.250 e.